The summed E-state index contributed by atoms with van der Waals surface area (Å²) in [7, 11) is 0. The Morgan fingerprint density at radius 2 is 1.76 bits per heavy atom. The Labute approximate surface area is 135 Å². The van der Waals surface area contributed by atoms with Crippen molar-refractivity contribution in [3.05, 3.63) is 85.7 Å². The summed E-state index contributed by atoms with van der Waals surface area (Å²) in [4.78, 5) is 16.7. The SMILES string of the molecule is O=c1c(Cl)c(Cl)sn1C(c1ccccc1)c1ccccn1. The van der Waals surface area contributed by atoms with E-state index in [0.29, 0.717) is 4.34 Å². The first kappa shape index (κ1) is 14.3. The first-order valence-corrected chi connectivity index (χ1v) is 7.74. The van der Waals surface area contributed by atoms with E-state index in [9.17, 15) is 4.79 Å². The van der Waals surface area contributed by atoms with Gasteiger partial charge < -0.3 is 0 Å². The van der Waals surface area contributed by atoms with Gasteiger partial charge in [0.15, 0.2) is 0 Å². The van der Waals surface area contributed by atoms with E-state index in [1.807, 2.05) is 48.5 Å². The highest BCUT2D eigenvalue weighted by Gasteiger charge is 2.23. The van der Waals surface area contributed by atoms with Crippen LogP contribution in [0, 0.1) is 0 Å². The van der Waals surface area contributed by atoms with Gasteiger partial charge in [-0.05, 0) is 29.2 Å². The molecular weight excluding hydrogens is 327 g/mol. The van der Waals surface area contributed by atoms with Crippen molar-refractivity contribution in [2.75, 3.05) is 0 Å². The van der Waals surface area contributed by atoms with Crippen molar-refractivity contribution in [2.45, 2.75) is 6.04 Å². The molecule has 1 atom stereocenters. The minimum atomic E-state index is -0.338. The zero-order chi connectivity index (χ0) is 14.8. The normalized spacial score (nSPS) is 12.3. The summed E-state index contributed by atoms with van der Waals surface area (Å²) in [6.07, 6.45) is 1.70. The Bertz CT molecular complexity index is 760. The molecule has 0 radical (unpaired) electrons. The molecule has 0 N–H and O–H groups in total. The summed E-state index contributed by atoms with van der Waals surface area (Å²) < 4.78 is 1.85. The number of pyridine rings is 1. The molecule has 21 heavy (non-hydrogen) atoms. The summed E-state index contributed by atoms with van der Waals surface area (Å²) in [5, 5.41) is 0.0542. The maximum atomic E-state index is 12.3. The summed E-state index contributed by atoms with van der Waals surface area (Å²) in [6.45, 7) is 0. The van der Waals surface area contributed by atoms with Crippen molar-refractivity contribution in [2.24, 2.45) is 0 Å². The Morgan fingerprint density at radius 3 is 2.33 bits per heavy atom. The lowest BCUT2D eigenvalue weighted by atomic mass is 10.0. The van der Waals surface area contributed by atoms with E-state index in [2.05, 4.69) is 4.98 Å². The van der Waals surface area contributed by atoms with Gasteiger partial charge in [0, 0.05) is 6.20 Å². The number of rotatable bonds is 3. The molecule has 0 aliphatic rings. The second-order valence-corrected chi connectivity index (χ2v) is 6.34. The predicted molar refractivity (Wildman–Crippen MR) is 86.5 cm³/mol. The van der Waals surface area contributed by atoms with Crippen LogP contribution in [-0.2, 0) is 0 Å². The molecule has 3 rings (SSSR count). The quantitative estimate of drug-likeness (QED) is 0.716. The van der Waals surface area contributed by atoms with Crippen molar-refractivity contribution in [1.29, 1.82) is 0 Å². The molecule has 1 unspecified atom stereocenters. The monoisotopic (exact) mass is 336 g/mol. The van der Waals surface area contributed by atoms with Gasteiger partial charge >= 0.3 is 0 Å². The Balaban J connectivity index is 2.22. The summed E-state index contributed by atoms with van der Waals surface area (Å²) in [5.74, 6) is 0. The molecule has 0 fully saturated rings. The molecule has 2 aromatic heterocycles. The maximum absolute atomic E-state index is 12.3. The first-order chi connectivity index (χ1) is 10.2. The third-order valence-electron chi connectivity index (χ3n) is 3.06. The number of hydrogen-bond acceptors (Lipinski definition) is 3. The van der Waals surface area contributed by atoms with E-state index >= 15 is 0 Å². The van der Waals surface area contributed by atoms with Crippen LogP contribution in [-0.4, -0.2) is 8.94 Å². The van der Waals surface area contributed by atoms with Gasteiger partial charge in [-0.25, -0.2) is 3.96 Å². The highest BCUT2D eigenvalue weighted by atomic mass is 35.5. The summed E-state index contributed by atoms with van der Waals surface area (Å²) >= 11 is 13.1. The summed E-state index contributed by atoms with van der Waals surface area (Å²) in [6, 6.07) is 14.9. The molecule has 0 amide bonds. The van der Waals surface area contributed by atoms with E-state index in [4.69, 9.17) is 23.2 Å². The number of halogens is 2. The average Bonchev–Trinajstić information content (AvgIpc) is 2.78. The molecule has 0 saturated carbocycles. The second kappa shape index (κ2) is 6.02. The fraction of sp³-hybridized carbons (Fsp3) is 0.0667. The molecule has 0 aliphatic carbocycles. The number of aromatic nitrogens is 2. The fourth-order valence-corrected chi connectivity index (χ4v) is 3.52. The van der Waals surface area contributed by atoms with E-state index in [1.54, 1.807) is 10.2 Å². The van der Waals surface area contributed by atoms with Gasteiger partial charge in [-0.1, -0.05) is 59.6 Å². The fourth-order valence-electron chi connectivity index (χ4n) is 2.12. The van der Waals surface area contributed by atoms with Gasteiger partial charge in [0.25, 0.3) is 5.56 Å². The van der Waals surface area contributed by atoms with E-state index < -0.39 is 0 Å². The number of benzene rings is 1. The molecule has 0 spiro atoms. The molecule has 0 aliphatic heterocycles. The van der Waals surface area contributed by atoms with E-state index in [-0.39, 0.29) is 16.6 Å². The Morgan fingerprint density at radius 1 is 1.05 bits per heavy atom. The molecule has 3 aromatic rings. The second-order valence-electron chi connectivity index (χ2n) is 4.38. The van der Waals surface area contributed by atoms with Crippen LogP contribution < -0.4 is 5.56 Å². The standard InChI is InChI=1S/C15H10Cl2N2OS/c16-12-14(17)21-19(15(12)20)13(10-6-2-1-3-7-10)11-8-4-5-9-18-11/h1-9,13H. The minimum Gasteiger partial charge on any atom is -0.267 e. The zero-order valence-electron chi connectivity index (χ0n) is 10.7. The lowest BCUT2D eigenvalue weighted by molar-refractivity contribution is 0.693. The largest absolute Gasteiger partial charge is 0.281 e. The number of nitrogens with zero attached hydrogens (tertiary/aromatic N) is 2. The molecule has 6 heteroatoms. The molecule has 0 bridgehead atoms. The zero-order valence-corrected chi connectivity index (χ0v) is 13.1. The van der Waals surface area contributed by atoms with Crippen LogP contribution in [0.3, 0.4) is 0 Å². The van der Waals surface area contributed by atoms with E-state index in [1.165, 1.54) is 0 Å². The van der Waals surface area contributed by atoms with Gasteiger partial charge in [0.05, 0.1) is 5.69 Å². The van der Waals surface area contributed by atoms with Gasteiger partial charge in [0.2, 0.25) is 0 Å². The van der Waals surface area contributed by atoms with Crippen LogP contribution in [0.15, 0.2) is 59.5 Å². The molecule has 2 heterocycles. The number of hydrogen-bond donors (Lipinski definition) is 0. The third-order valence-corrected chi connectivity index (χ3v) is 4.95. The van der Waals surface area contributed by atoms with Crippen LogP contribution in [0.2, 0.25) is 9.36 Å². The molecule has 1 aromatic carbocycles. The molecular formula is C15H10Cl2N2OS. The lowest BCUT2D eigenvalue weighted by Crippen LogP contribution is -2.22. The van der Waals surface area contributed by atoms with Crippen LogP contribution in [0.4, 0.5) is 0 Å². The lowest BCUT2D eigenvalue weighted by Gasteiger charge is -2.17. The van der Waals surface area contributed by atoms with Crippen LogP contribution in [0.1, 0.15) is 17.3 Å². The van der Waals surface area contributed by atoms with Crippen molar-refractivity contribution in [3.8, 4) is 0 Å². The third kappa shape index (κ3) is 2.75. The van der Waals surface area contributed by atoms with Crippen LogP contribution in [0.5, 0.6) is 0 Å². The highest BCUT2D eigenvalue weighted by molar-refractivity contribution is 7.12. The van der Waals surface area contributed by atoms with Crippen molar-refractivity contribution in [1.82, 2.24) is 8.94 Å². The first-order valence-electron chi connectivity index (χ1n) is 6.21. The van der Waals surface area contributed by atoms with Crippen molar-refractivity contribution < 1.29 is 0 Å². The molecule has 3 nitrogen and oxygen atoms in total. The van der Waals surface area contributed by atoms with Gasteiger partial charge in [-0.2, -0.15) is 0 Å². The van der Waals surface area contributed by atoms with Crippen LogP contribution in [0.25, 0.3) is 0 Å². The molecule has 106 valence electrons. The minimum absolute atomic E-state index is 0.0542. The summed E-state index contributed by atoms with van der Waals surface area (Å²) in [5.41, 5.74) is 1.42. The van der Waals surface area contributed by atoms with Gasteiger partial charge in [-0.15, -0.1) is 0 Å². The highest BCUT2D eigenvalue weighted by Crippen LogP contribution is 2.31. The Kier molecular flexibility index (Phi) is 4.10. The maximum Gasteiger partial charge on any atom is 0.281 e. The Hall–Kier alpha value is -1.62. The van der Waals surface area contributed by atoms with Crippen molar-refractivity contribution >= 4 is 34.7 Å². The topological polar surface area (TPSA) is 34.9 Å². The average molecular weight is 337 g/mol. The van der Waals surface area contributed by atoms with Crippen molar-refractivity contribution in [3.63, 3.8) is 0 Å². The van der Waals surface area contributed by atoms with E-state index in [0.717, 1.165) is 22.8 Å². The smallest absolute Gasteiger partial charge is 0.267 e. The predicted octanol–water partition coefficient (Wildman–Crippen LogP) is 4.25. The molecule has 0 saturated heterocycles. The van der Waals surface area contributed by atoms with Gasteiger partial charge in [-0.3, -0.25) is 9.78 Å². The van der Waals surface area contributed by atoms with Gasteiger partial charge in [0.1, 0.15) is 15.4 Å². The van der Waals surface area contributed by atoms with Crippen LogP contribution >= 0.6 is 34.7 Å².